The average Bonchev–Trinajstić information content (AvgIpc) is 3.42. The zero-order valence-electron chi connectivity index (χ0n) is 18.1. The van der Waals surface area contributed by atoms with Crippen molar-refractivity contribution in [1.82, 2.24) is 9.80 Å². The summed E-state index contributed by atoms with van der Waals surface area (Å²) in [7, 11) is 0. The van der Waals surface area contributed by atoms with E-state index in [0.717, 1.165) is 12.8 Å². The summed E-state index contributed by atoms with van der Waals surface area (Å²) in [6.07, 6.45) is -1.98. The van der Waals surface area contributed by atoms with Crippen LogP contribution in [0.5, 0.6) is 5.75 Å². The maximum Gasteiger partial charge on any atom is 0.573 e. The first-order valence-electron chi connectivity index (χ1n) is 10.9. The molecule has 1 aromatic carbocycles. The number of ether oxygens (including phenoxy) is 1. The Bertz CT molecular complexity index is 856. The summed E-state index contributed by atoms with van der Waals surface area (Å²) in [5.41, 5.74) is 6.71. The Morgan fingerprint density at radius 1 is 1.15 bits per heavy atom. The average molecular weight is 471 g/mol. The summed E-state index contributed by atoms with van der Waals surface area (Å²) >= 11 is 0. The van der Waals surface area contributed by atoms with Gasteiger partial charge in [0.05, 0.1) is 6.04 Å². The first-order valence-corrected chi connectivity index (χ1v) is 10.9. The molecule has 0 bridgehead atoms. The lowest BCUT2D eigenvalue weighted by Crippen LogP contribution is -2.48. The van der Waals surface area contributed by atoms with Gasteiger partial charge in [-0.3, -0.25) is 9.59 Å². The fourth-order valence-corrected chi connectivity index (χ4v) is 4.45. The first kappa shape index (κ1) is 24.8. The van der Waals surface area contributed by atoms with Crippen LogP contribution in [0.3, 0.4) is 0 Å². The van der Waals surface area contributed by atoms with Crippen molar-refractivity contribution >= 4 is 17.8 Å². The van der Waals surface area contributed by atoms with Gasteiger partial charge in [-0.1, -0.05) is 12.1 Å². The normalized spacial score (nSPS) is 21.8. The highest BCUT2D eigenvalue weighted by molar-refractivity contribution is 5.88. The van der Waals surface area contributed by atoms with Crippen molar-refractivity contribution in [3.05, 3.63) is 29.8 Å². The Hall–Kier alpha value is -2.82. The predicted molar refractivity (Wildman–Crippen MR) is 111 cm³/mol. The maximum absolute atomic E-state index is 12.9. The fraction of sp³-hybridized carbons (Fsp3) is 0.591. The number of likely N-dealkylation sites (tertiary alicyclic amines) is 2. The molecule has 11 heteroatoms. The van der Waals surface area contributed by atoms with E-state index in [0.29, 0.717) is 25.1 Å². The highest BCUT2D eigenvalue weighted by Crippen LogP contribution is 2.29. The lowest BCUT2D eigenvalue weighted by atomic mass is 9.97. The molecule has 2 amide bonds. The summed E-state index contributed by atoms with van der Waals surface area (Å²) in [5, 5.41) is 9.59. The summed E-state index contributed by atoms with van der Waals surface area (Å²) in [5.74, 6) is -2.23. The van der Waals surface area contributed by atoms with Crippen molar-refractivity contribution in [3.63, 3.8) is 0 Å². The lowest BCUT2D eigenvalue weighted by Gasteiger charge is -2.25. The van der Waals surface area contributed by atoms with Crippen molar-refractivity contribution in [3.8, 4) is 5.75 Å². The van der Waals surface area contributed by atoms with Crippen molar-refractivity contribution in [2.24, 2.45) is 11.7 Å². The van der Waals surface area contributed by atoms with Gasteiger partial charge in [-0.05, 0) is 55.7 Å². The van der Waals surface area contributed by atoms with E-state index in [9.17, 15) is 32.7 Å². The highest BCUT2D eigenvalue weighted by atomic mass is 19.4. The minimum atomic E-state index is -4.78. The van der Waals surface area contributed by atoms with Crippen LogP contribution >= 0.6 is 0 Å². The molecule has 0 aliphatic carbocycles. The SMILES string of the molecule is NC(CCC(=O)N1CCCC1)C(=O)N1CC(Cc2ccc(OC(F)(F)F)cc2)CC1C(=O)O. The largest absolute Gasteiger partial charge is 0.573 e. The van der Waals surface area contributed by atoms with Crippen LogP contribution in [-0.2, 0) is 20.8 Å². The Morgan fingerprint density at radius 3 is 2.36 bits per heavy atom. The van der Waals surface area contributed by atoms with Gasteiger partial charge in [0.15, 0.2) is 0 Å². The third-order valence-electron chi connectivity index (χ3n) is 6.08. The number of benzene rings is 1. The number of alkyl halides is 3. The van der Waals surface area contributed by atoms with Crippen LogP contribution in [0.4, 0.5) is 13.2 Å². The van der Waals surface area contributed by atoms with Crippen LogP contribution in [0.25, 0.3) is 0 Å². The van der Waals surface area contributed by atoms with Gasteiger partial charge in [0, 0.05) is 26.1 Å². The first-order chi connectivity index (χ1) is 15.5. The van der Waals surface area contributed by atoms with Crippen LogP contribution in [0, 0.1) is 5.92 Å². The zero-order chi connectivity index (χ0) is 24.2. The number of aliphatic carboxylic acids is 1. The number of carbonyl (C=O) groups is 3. The van der Waals surface area contributed by atoms with Crippen LogP contribution in [0.1, 0.15) is 37.7 Å². The molecule has 8 nitrogen and oxygen atoms in total. The Morgan fingerprint density at radius 2 is 1.79 bits per heavy atom. The van der Waals surface area contributed by atoms with Gasteiger partial charge in [-0.2, -0.15) is 0 Å². The minimum absolute atomic E-state index is 0.0530. The number of carbonyl (C=O) groups excluding carboxylic acids is 2. The van der Waals surface area contributed by atoms with E-state index in [1.54, 1.807) is 4.90 Å². The Balaban J connectivity index is 1.56. The second-order valence-corrected chi connectivity index (χ2v) is 8.58. The monoisotopic (exact) mass is 471 g/mol. The molecule has 0 saturated carbocycles. The number of hydrogen-bond donors (Lipinski definition) is 2. The summed E-state index contributed by atoms with van der Waals surface area (Å²) < 4.78 is 40.8. The number of hydrogen-bond acceptors (Lipinski definition) is 5. The predicted octanol–water partition coefficient (Wildman–Crippen LogP) is 2.16. The molecule has 1 aromatic rings. The van der Waals surface area contributed by atoms with E-state index in [4.69, 9.17) is 5.73 Å². The van der Waals surface area contributed by atoms with Gasteiger partial charge in [0.1, 0.15) is 11.8 Å². The molecule has 2 aliphatic heterocycles. The summed E-state index contributed by atoms with van der Waals surface area (Å²) in [6, 6.07) is 3.35. The van der Waals surface area contributed by atoms with Crippen molar-refractivity contribution < 1.29 is 37.4 Å². The number of nitrogens with zero attached hydrogens (tertiary/aromatic N) is 2. The molecule has 3 rings (SSSR count). The van der Waals surface area contributed by atoms with Gasteiger partial charge in [-0.15, -0.1) is 13.2 Å². The van der Waals surface area contributed by atoms with Crippen LogP contribution in [0.15, 0.2) is 24.3 Å². The topological polar surface area (TPSA) is 113 Å². The number of rotatable bonds is 8. The third-order valence-corrected chi connectivity index (χ3v) is 6.08. The second-order valence-electron chi connectivity index (χ2n) is 8.58. The van der Waals surface area contributed by atoms with Crippen molar-refractivity contribution in [2.75, 3.05) is 19.6 Å². The molecule has 2 aliphatic rings. The van der Waals surface area contributed by atoms with Crippen molar-refractivity contribution in [2.45, 2.75) is 57.0 Å². The van der Waals surface area contributed by atoms with Gasteiger partial charge >= 0.3 is 12.3 Å². The summed E-state index contributed by atoms with van der Waals surface area (Å²) in [6.45, 7) is 1.59. The van der Waals surface area contributed by atoms with E-state index in [2.05, 4.69) is 4.74 Å². The quantitative estimate of drug-likeness (QED) is 0.601. The Kier molecular flexibility index (Phi) is 7.83. The molecule has 33 heavy (non-hydrogen) atoms. The fourth-order valence-electron chi connectivity index (χ4n) is 4.45. The minimum Gasteiger partial charge on any atom is -0.480 e. The van der Waals surface area contributed by atoms with E-state index in [1.165, 1.54) is 29.2 Å². The molecule has 3 atom stereocenters. The maximum atomic E-state index is 12.9. The standard InChI is InChI=1S/C22H28F3N3O5/c23-22(24,25)33-16-5-3-14(4-6-16)11-15-12-18(21(31)32)28(13-15)20(30)17(26)7-8-19(29)27-9-1-2-10-27/h3-6,15,17-18H,1-2,7-13,26H2,(H,31,32). The van der Waals surface area contributed by atoms with E-state index in [-0.39, 0.29) is 43.4 Å². The Labute approximate surface area is 189 Å². The van der Waals surface area contributed by atoms with E-state index >= 15 is 0 Å². The van der Waals surface area contributed by atoms with E-state index < -0.39 is 30.3 Å². The van der Waals surface area contributed by atoms with Gasteiger partial charge in [-0.25, -0.2) is 4.79 Å². The molecular weight excluding hydrogens is 443 g/mol. The molecular formula is C22H28F3N3O5. The van der Waals surface area contributed by atoms with Crippen LogP contribution < -0.4 is 10.5 Å². The zero-order valence-corrected chi connectivity index (χ0v) is 18.1. The smallest absolute Gasteiger partial charge is 0.480 e. The van der Waals surface area contributed by atoms with Crippen LogP contribution in [-0.4, -0.2) is 70.8 Å². The number of amides is 2. The lowest BCUT2D eigenvalue weighted by molar-refractivity contribution is -0.274. The van der Waals surface area contributed by atoms with Gasteiger partial charge < -0.3 is 25.4 Å². The molecule has 2 saturated heterocycles. The second kappa shape index (κ2) is 10.4. The molecule has 3 unspecified atom stereocenters. The molecule has 3 N–H and O–H groups in total. The molecule has 182 valence electrons. The molecule has 0 radical (unpaired) electrons. The van der Waals surface area contributed by atoms with Crippen LogP contribution in [0.2, 0.25) is 0 Å². The van der Waals surface area contributed by atoms with E-state index in [1.807, 2.05) is 0 Å². The summed E-state index contributed by atoms with van der Waals surface area (Å²) in [4.78, 5) is 39.8. The van der Waals surface area contributed by atoms with Crippen molar-refractivity contribution in [1.29, 1.82) is 0 Å². The number of carboxylic acid groups (broad SMARTS) is 1. The van der Waals surface area contributed by atoms with Gasteiger partial charge in [0.25, 0.3) is 0 Å². The molecule has 2 fully saturated rings. The number of halogens is 3. The molecule has 0 aromatic heterocycles. The van der Waals surface area contributed by atoms with Gasteiger partial charge in [0.2, 0.25) is 11.8 Å². The molecule has 2 heterocycles. The number of nitrogens with two attached hydrogens (primary N) is 1. The highest BCUT2D eigenvalue weighted by Gasteiger charge is 2.41. The molecule has 0 spiro atoms. The third kappa shape index (κ3) is 6.83. The number of carboxylic acids is 1.